The van der Waals surface area contributed by atoms with E-state index in [4.69, 9.17) is 9.47 Å². The van der Waals surface area contributed by atoms with Crippen LogP contribution in [0.1, 0.15) is 63.9 Å². The number of Topliss-reactive ketones (excluding diaryl/α,β-unsaturated/α-hetero) is 1. The summed E-state index contributed by atoms with van der Waals surface area (Å²) in [4.78, 5) is 88.1. The molecular weight excluding hydrogens is 598 g/mol. The van der Waals surface area contributed by atoms with Gasteiger partial charge in [-0.2, -0.15) is 0 Å². The van der Waals surface area contributed by atoms with Crippen molar-refractivity contribution in [3.8, 4) is 0 Å². The molecule has 0 spiro atoms. The Morgan fingerprint density at radius 3 is 2.26 bits per heavy atom. The third-order valence-corrected chi connectivity index (χ3v) is 8.76. The molecule has 1 aliphatic heterocycles. The molecule has 3 aliphatic rings. The number of amides is 5. The van der Waals surface area contributed by atoms with E-state index in [1.54, 1.807) is 27.7 Å². The molecule has 0 radical (unpaired) electrons. The van der Waals surface area contributed by atoms with Crippen molar-refractivity contribution >= 4 is 35.3 Å². The molecule has 252 valence electrons. The van der Waals surface area contributed by atoms with Crippen LogP contribution in [-0.2, 0) is 33.4 Å². The van der Waals surface area contributed by atoms with Crippen LogP contribution in [0.2, 0.25) is 0 Å². The second-order valence-corrected chi connectivity index (χ2v) is 12.9. The third kappa shape index (κ3) is 8.43. The Morgan fingerprint density at radius 1 is 0.935 bits per heavy atom. The van der Waals surface area contributed by atoms with Crippen LogP contribution >= 0.6 is 0 Å². The van der Waals surface area contributed by atoms with Crippen LogP contribution in [0.4, 0.5) is 0 Å². The normalized spacial score (nSPS) is 23.4. The molecule has 1 aromatic heterocycles. The van der Waals surface area contributed by atoms with Crippen molar-refractivity contribution in [3.05, 3.63) is 24.3 Å². The molecule has 4 N–H and O–H groups in total. The molecule has 15 nitrogen and oxygen atoms in total. The fourth-order valence-corrected chi connectivity index (χ4v) is 6.15. The van der Waals surface area contributed by atoms with Gasteiger partial charge in [0.15, 0.2) is 0 Å². The zero-order valence-electron chi connectivity index (χ0n) is 27.0. The molecule has 2 unspecified atom stereocenters. The predicted octanol–water partition coefficient (Wildman–Crippen LogP) is -0.438. The summed E-state index contributed by atoms with van der Waals surface area (Å²) in [7, 11) is 1.51. The summed E-state index contributed by atoms with van der Waals surface area (Å²) in [6.07, 6.45) is 6.74. The fraction of sp³-hybridized carbons (Fsp3) is 0.677. The fourth-order valence-electron chi connectivity index (χ4n) is 6.15. The largest absolute Gasteiger partial charge is 0.359 e. The molecule has 1 saturated heterocycles. The number of rotatable bonds is 15. The van der Waals surface area contributed by atoms with E-state index in [-0.39, 0.29) is 54.8 Å². The molecule has 0 aromatic carbocycles. The van der Waals surface area contributed by atoms with Gasteiger partial charge in [-0.05, 0) is 43.4 Å². The molecule has 2 saturated carbocycles. The number of fused-ring (bicyclic) bond motifs is 1. The van der Waals surface area contributed by atoms with E-state index >= 15 is 0 Å². The lowest BCUT2D eigenvalue weighted by molar-refractivity contribution is -0.144. The summed E-state index contributed by atoms with van der Waals surface area (Å²) in [5.74, 6) is -4.83. The van der Waals surface area contributed by atoms with E-state index < -0.39 is 60.0 Å². The van der Waals surface area contributed by atoms with Crippen LogP contribution in [0.3, 0.4) is 0 Å². The van der Waals surface area contributed by atoms with Gasteiger partial charge in [0.05, 0.1) is 18.8 Å². The summed E-state index contributed by atoms with van der Waals surface area (Å²) in [5.41, 5.74) is 0.0450. The highest BCUT2D eigenvalue weighted by molar-refractivity contribution is 6.37. The van der Waals surface area contributed by atoms with E-state index in [1.165, 1.54) is 30.6 Å². The van der Waals surface area contributed by atoms with Crippen LogP contribution in [0.25, 0.3) is 0 Å². The van der Waals surface area contributed by atoms with Crippen LogP contribution in [-0.4, -0.2) is 107 Å². The van der Waals surface area contributed by atoms with Crippen LogP contribution in [0.5, 0.6) is 0 Å². The van der Waals surface area contributed by atoms with Crippen molar-refractivity contribution in [1.29, 1.82) is 0 Å². The molecule has 6 atom stereocenters. The summed E-state index contributed by atoms with van der Waals surface area (Å²) in [5, 5.41) is 10.7. The smallest absolute Gasteiger partial charge is 0.289 e. The molecule has 3 fully saturated rings. The Bertz CT molecular complexity index is 1290. The van der Waals surface area contributed by atoms with E-state index in [0.717, 1.165) is 12.8 Å². The van der Waals surface area contributed by atoms with Gasteiger partial charge < -0.3 is 35.6 Å². The lowest BCUT2D eigenvalue weighted by atomic mass is 9.92. The van der Waals surface area contributed by atoms with Crippen molar-refractivity contribution < 1.29 is 38.2 Å². The minimum absolute atomic E-state index is 0.00261. The first-order chi connectivity index (χ1) is 21.9. The average molecular weight is 644 g/mol. The van der Waals surface area contributed by atoms with Gasteiger partial charge in [-0.1, -0.05) is 27.7 Å². The lowest BCUT2D eigenvalue weighted by Gasteiger charge is -2.33. The highest BCUT2D eigenvalue weighted by atomic mass is 16.7. The predicted molar refractivity (Wildman–Crippen MR) is 163 cm³/mol. The monoisotopic (exact) mass is 643 g/mol. The molecule has 4 rings (SSSR count). The van der Waals surface area contributed by atoms with Crippen LogP contribution in [0.15, 0.2) is 18.6 Å². The Morgan fingerprint density at radius 2 is 1.65 bits per heavy atom. The van der Waals surface area contributed by atoms with Gasteiger partial charge in [-0.25, -0.2) is 4.98 Å². The van der Waals surface area contributed by atoms with E-state index in [2.05, 4.69) is 31.2 Å². The van der Waals surface area contributed by atoms with Gasteiger partial charge in [0, 0.05) is 38.0 Å². The maximum Gasteiger partial charge on any atom is 0.289 e. The number of aromatic nitrogens is 2. The van der Waals surface area contributed by atoms with Gasteiger partial charge in [-0.3, -0.25) is 33.8 Å². The third-order valence-electron chi connectivity index (χ3n) is 8.76. The molecule has 46 heavy (non-hydrogen) atoms. The van der Waals surface area contributed by atoms with Gasteiger partial charge in [0.25, 0.3) is 11.8 Å². The SMILES string of the molecule is COCO[C@@H]1CC[C@H]2[C@@H]1CN(C(=O)C(NC(=O)C(NC(=O)c1cnccn1)C(C)C)C(C)C)[C@@H]2C(=O)NCC(=O)C(=O)NC1CC1. The van der Waals surface area contributed by atoms with Crippen molar-refractivity contribution in [2.75, 3.05) is 27.0 Å². The average Bonchev–Trinajstić information content (AvgIpc) is 3.64. The highest BCUT2D eigenvalue weighted by Crippen LogP contribution is 2.44. The lowest BCUT2D eigenvalue weighted by Crippen LogP contribution is -2.59. The number of nitrogens with zero attached hydrogens (tertiary/aromatic N) is 3. The number of hydrogen-bond acceptors (Lipinski definition) is 10. The first-order valence-electron chi connectivity index (χ1n) is 15.8. The van der Waals surface area contributed by atoms with E-state index in [1.807, 2.05) is 0 Å². The number of ether oxygens (including phenoxy) is 2. The van der Waals surface area contributed by atoms with Gasteiger partial charge in [0.1, 0.15) is 30.6 Å². The van der Waals surface area contributed by atoms with Crippen molar-refractivity contribution in [2.45, 2.75) is 83.6 Å². The molecule has 1 aromatic rings. The molecule has 0 bridgehead atoms. The zero-order valence-corrected chi connectivity index (χ0v) is 27.0. The number of hydrogen-bond donors (Lipinski definition) is 4. The number of carbonyl (C=O) groups excluding carboxylic acids is 6. The van der Waals surface area contributed by atoms with E-state index in [0.29, 0.717) is 12.8 Å². The summed E-state index contributed by atoms with van der Waals surface area (Å²) < 4.78 is 11.0. The van der Waals surface area contributed by atoms with Crippen LogP contribution < -0.4 is 21.3 Å². The van der Waals surface area contributed by atoms with Gasteiger partial charge in [-0.15, -0.1) is 0 Å². The highest BCUT2D eigenvalue weighted by Gasteiger charge is 2.54. The molecule has 5 amide bonds. The summed E-state index contributed by atoms with van der Waals surface area (Å²) >= 11 is 0. The first kappa shape index (κ1) is 34.9. The quantitative estimate of drug-likeness (QED) is 0.144. The summed E-state index contributed by atoms with van der Waals surface area (Å²) in [6, 6.07) is -2.96. The Balaban J connectivity index is 1.50. The van der Waals surface area contributed by atoms with Gasteiger partial charge >= 0.3 is 0 Å². The second-order valence-electron chi connectivity index (χ2n) is 12.9. The molecular formula is C31H45N7O8. The van der Waals surface area contributed by atoms with E-state index in [9.17, 15) is 28.8 Å². The minimum atomic E-state index is -1.03. The molecule has 15 heteroatoms. The Hall–Kier alpha value is -3.98. The first-order valence-corrected chi connectivity index (χ1v) is 15.8. The second kappa shape index (κ2) is 15.5. The maximum atomic E-state index is 14.2. The molecule has 2 aliphatic carbocycles. The standard InChI is InChI=1S/C31H45N7O8/c1-16(2)24(36-27(40)21-12-32-10-11-33-21)29(42)37-25(17(3)4)31(44)38-14-20-19(8-9-23(20)46-15-45-5)26(38)30(43)34-13-22(39)28(41)35-18-6-7-18/h10-12,16-20,23-26H,6-9,13-15H2,1-5H3,(H,34,43)(H,35,41)(H,36,40)(H,37,42)/t19-,20-,23+,24?,25?,26-/m0/s1. The Kier molecular flexibility index (Phi) is 11.8. The maximum absolute atomic E-state index is 14.2. The Labute approximate surface area is 268 Å². The molecule has 2 heterocycles. The number of ketones is 1. The van der Waals surface area contributed by atoms with Crippen LogP contribution in [0, 0.1) is 23.7 Å². The van der Waals surface area contributed by atoms with Gasteiger partial charge in [0.2, 0.25) is 23.5 Å². The number of carbonyl (C=O) groups is 6. The topological polar surface area (TPSA) is 198 Å². The van der Waals surface area contributed by atoms with Crippen molar-refractivity contribution in [3.63, 3.8) is 0 Å². The number of methoxy groups -OCH3 is 1. The minimum Gasteiger partial charge on any atom is -0.359 e. The number of nitrogens with one attached hydrogen (secondary N) is 4. The van der Waals surface area contributed by atoms with Crippen molar-refractivity contribution in [2.24, 2.45) is 23.7 Å². The number of likely N-dealkylation sites (tertiary alicyclic amines) is 1. The zero-order chi connectivity index (χ0) is 33.5. The summed E-state index contributed by atoms with van der Waals surface area (Å²) in [6.45, 7) is 6.84. The van der Waals surface area contributed by atoms with Crippen molar-refractivity contribution in [1.82, 2.24) is 36.1 Å².